The molecule has 2 amide bonds. The van der Waals surface area contributed by atoms with E-state index in [0.29, 0.717) is 47.1 Å². The van der Waals surface area contributed by atoms with Crippen LogP contribution in [-0.2, 0) is 16.0 Å². The zero-order valence-corrected chi connectivity index (χ0v) is 26.5. The summed E-state index contributed by atoms with van der Waals surface area (Å²) in [5.74, 6) is 1.66. The van der Waals surface area contributed by atoms with Crippen LogP contribution in [0, 0.1) is 6.92 Å². The number of Topliss-reactive ketones (excluding diaryl/α,β-unsaturated/α-hetero) is 1. The van der Waals surface area contributed by atoms with Crippen LogP contribution in [0.3, 0.4) is 0 Å². The average Bonchev–Trinajstić information content (AvgIpc) is 3.37. The quantitative estimate of drug-likeness (QED) is 0.0937. The first-order valence-corrected chi connectivity index (χ1v) is 16.0. The number of aromatic amines is 1. The standard InChI is InChI=1S/C36H37N3O5S/c1-23-29(30-20-27(43-2)16-17-31(30)37-23)21-35(41)39-32(36(42)38-26-15-14-24-9-4-5-10-25(24)19-26)12-8-18-45-22-33(40)28-11-6-7-13-34(28)44-3/h4-7,9-11,13-17,19-20,32,37H,8,12,18,21-22H2,1-3H3,(H,38,42)(H,39,41)/t32-/m0/s1. The summed E-state index contributed by atoms with van der Waals surface area (Å²) >= 11 is 1.50. The molecular formula is C36H37N3O5S. The van der Waals surface area contributed by atoms with Crippen LogP contribution in [0.15, 0.2) is 84.9 Å². The number of hydrogen-bond acceptors (Lipinski definition) is 6. The number of hydrogen-bond donors (Lipinski definition) is 3. The van der Waals surface area contributed by atoms with E-state index in [0.717, 1.165) is 32.9 Å². The van der Waals surface area contributed by atoms with Crippen LogP contribution in [0.4, 0.5) is 5.69 Å². The van der Waals surface area contributed by atoms with Crippen LogP contribution in [0.5, 0.6) is 11.5 Å². The van der Waals surface area contributed by atoms with Crippen LogP contribution in [0.2, 0.25) is 0 Å². The number of nitrogens with one attached hydrogen (secondary N) is 3. The van der Waals surface area contributed by atoms with Crippen molar-refractivity contribution in [1.82, 2.24) is 10.3 Å². The molecule has 3 N–H and O–H groups in total. The minimum atomic E-state index is -0.755. The number of H-pyrrole nitrogens is 1. The number of benzene rings is 4. The molecule has 232 valence electrons. The first-order valence-electron chi connectivity index (χ1n) is 14.8. The van der Waals surface area contributed by atoms with Gasteiger partial charge in [0.2, 0.25) is 11.8 Å². The first-order chi connectivity index (χ1) is 21.9. The summed E-state index contributed by atoms with van der Waals surface area (Å²) < 4.78 is 10.7. The lowest BCUT2D eigenvalue weighted by Crippen LogP contribution is -2.44. The minimum absolute atomic E-state index is 0.0120. The third kappa shape index (κ3) is 7.85. The van der Waals surface area contributed by atoms with Crippen molar-refractivity contribution >= 4 is 56.7 Å². The molecule has 0 aliphatic heterocycles. The van der Waals surface area contributed by atoms with Crippen molar-refractivity contribution in [2.75, 3.05) is 31.0 Å². The molecule has 0 bridgehead atoms. The van der Waals surface area contributed by atoms with Gasteiger partial charge in [0, 0.05) is 22.3 Å². The summed E-state index contributed by atoms with van der Waals surface area (Å²) in [4.78, 5) is 43.0. The predicted octanol–water partition coefficient (Wildman–Crippen LogP) is 6.71. The highest BCUT2D eigenvalue weighted by atomic mass is 32.2. The molecule has 4 aromatic carbocycles. The number of thioether (sulfide) groups is 1. The lowest BCUT2D eigenvalue weighted by Gasteiger charge is -2.19. The Balaban J connectivity index is 1.25. The fourth-order valence-corrected chi connectivity index (χ4v) is 6.25. The van der Waals surface area contributed by atoms with Gasteiger partial charge in [-0.1, -0.05) is 42.5 Å². The molecule has 1 heterocycles. The maximum Gasteiger partial charge on any atom is 0.246 e. The third-order valence-corrected chi connectivity index (χ3v) is 8.80. The van der Waals surface area contributed by atoms with Gasteiger partial charge in [-0.05, 0) is 84.3 Å². The largest absolute Gasteiger partial charge is 0.497 e. The number of fused-ring (bicyclic) bond motifs is 2. The van der Waals surface area contributed by atoms with Gasteiger partial charge in [0.1, 0.15) is 17.5 Å². The number of anilines is 1. The maximum atomic E-state index is 13.6. The summed E-state index contributed by atoms with van der Waals surface area (Å²) in [5, 5.41) is 8.98. The molecule has 5 rings (SSSR count). The van der Waals surface area contributed by atoms with Gasteiger partial charge in [0.25, 0.3) is 0 Å². The third-order valence-electron chi connectivity index (χ3n) is 7.75. The number of ether oxygens (including phenoxy) is 2. The van der Waals surface area contributed by atoms with E-state index in [-0.39, 0.29) is 24.0 Å². The maximum absolute atomic E-state index is 13.6. The molecule has 1 atom stereocenters. The molecule has 0 radical (unpaired) electrons. The number of rotatable bonds is 14. The van der Waals surface area contributed by atoms with Gasteiger partial charge >= 0.3 is 0 Å². The Morgan fingerprint density at radius 2 is 1.67 bits per heavy atom. The second-order valence-corrected chi connectivity index (χ2v) is 11.9. The van der Waals surface area contributed by atoms with E-state index in [2.05, 4.69) is 15.6 Å². The Hall–Kier alpha value is -4.76. The van der Waals surface area contributed by atoms with Gasteiger partial charge in [0.15, 0.2) is 5.78 Å². The molecule has 0 saturated heterocycles. The number of methoxy groups -OCH3 is 2. The zero-order valence-electron chi connectivity index (χ0n) is 25.6. The monoisotopic (exact) mass is 623 g/mol. The van der Waals surface area contributed by atoms with Crippen LogP contribution in [-0.4, -0.2) is 54.3 Å². The Morgan fingerprint density at radius 1 is 0.889 bits per heavy atom. The van der Waals surface area contributed by atoms with Crippen molar-refractivity contribution < 1.29 is 23.9 Å². The number of aryl methyl sites for hydroxylation is 1. The van der Waals surface area contributed by atoms with Crippen molar-refractivity contribution in [2.24, 2.45) is 0 Å². The number of amides is 2. The molecule has 5 aromatic rings. The van der Waals surface area contributed by atoms with Crippen molar-refractivity contribution in [2.45, 2.75) is 32.2 Å². The number of carbonyl (C=O) groups excluding carboxylic acids is 3. The number of ketones is 1. The Bertz CT molecular complexity index is 1830. The topological polar surface area (TPSA) is 110 Å². The van der Waals surface area contributed by atoms with Crippen LogP contribution < -0.4 is 20.1 Å². The van der Waals surface area contributed by atoms with Crippen LogP contribution >= 0.6 is 11.8 Å². The molecule has 0 unspecified atom stereocenters. The average molecular weight is 624 g/mol. The molecule has 0 fully saturated rings. The Morgan fingerprint density at radius 3 is 2.47 bits per heavy atom. The van der Waals surface area contributed by atoms with E-state index in [1.54, 1.807) is 26.4 Å². The van der Waals surface area contributed by atoms with E-state index in [1.807, 2.05) is 79.7 Å². The van der Waals surface area contributed by atoms with E-state index in [9.17, 15) is 14.4 Å². The van der Waals surface area contributed by atoms with Crippen LogP contribution in [0.1, 0.15) is 34.5 Å². The molecule has 0 spiro atoms. The number of carbonyl (C=O) groups is 3. The summed E-state index contributed by atoms with van der Waals surface area (Å²) in [6.45, 7) is 1.93. The Labute approximate surface area is 266 Å². The fourth-order valence-electron chi connectivity index (χ4n) is 5.39. The smallest absolute Gasteiger partial charge is 0.246 e. The normalized spacial score (nSPS) is 11.7. The number of para-hydroxylation sites is 1. The van der Waals surface area contributed by atoms with Crippen LogP contribution in [0.25, 0.3) is 21.7 Å². The molecule has 0 aliphatic carbocycles. The zero-order chi connectivity index (χ0) is 31.8. The number of aromatic nitrogens is 1. The van der Waals surface area contributed by atoms with Gasteiger partial charge in [-0.25, -0.2) is 0 Å². The Kier molecular flexibility index (Phi) is 10.4. The molecule has 8 nitrogen and oxygen atoms in total. The molecule has 0 saturated carbocycles. The van der Waals surface area contributed by atoms with Crippen molar-refractivity contribution in [3.63, 3.8) is 0 Å². The van der Waals surface area contributed by atoms with Gasteiger partial charge in [-0.15, -0.1) is 0 Å². The fraction of sp³-hybridized carbons (Fsp3) is 0.250. The minimum Gasteiger partial charge on any atom is -0.497 e. The van der Waals surface area contributed by atoms with Gasteiger partial charge in [-0.2, -0.15) is 11.8 Å². The van der Waals surface area contributed by atoms with Crippen molar-refractivity contribution in [3.8, 4) is 11.5 Å². The second-order valence-electron chi connectivity index (χ2n) is 10.8. The van der Waals surface area contributed by atoms with Gasteiger partial charge < -0.3 is 25.1 Å². The first kappa shape index (κ1) is 31.7. The molecule has 1 aromatic heterocycles. The molecule has 45 heavy (non-hydrogen) atoms. The van der Waals surface area contributed by atoms with Crippen molar-refractivity contribution in [3.05, 3.63) is 102 Å². The summed E-state index contributed by atoms with van der Waals surface area (Å²) in [6.07, 6.45) is 1.16. The lowest BCUT2D eigenvalue weighted by atomic mass is 10.1. The lowest BCUT2D eigenvalue weighted by molar-refractivity contribution is -0.126. The summed E-state index contributed by atoms with van der Waals surface area (Å²) in [6, 6.07) is 25.8. The SMILES string of the molecule is COc1ccc2[nH]c(C)c(CC(=O)N[C@@H](CCCSCC(=O)c3ccccc3OC)C(=O)Nc3ccc4ccccc4c3)c2c1. The van der Waals surface area contributed by atoms with E-state index < -0.39 is 6.04 Å². The summed E-state index contributed by atoms with van der Waals surface area (Å²) in [5.41, 5.74) is 3.88. The molecule has 0 aliphatic rings. The van der Waals surface area contributed by atoms with Gasteiger partial charge in [0.05, 0.1) is 32.0 Å². The summed E-state index contributed by atoms with van der Waals surface area (Å²) in [7, 11) is 3.16. The predicted molar refractivity (Wildman–Crippen MR) is 182 cm³/mol. The van der Waals surface area contributed by atoms with E-state index >= 15 is 0 Å². The highest BCUT2D eigenvalue weighted by Gasteiger charge is 2.23. The van der Waals surface area contributed by atoms with Crippen molar-refractivity contribution in [1.29, 1.82) is 0 Å². The highest BCUT2D eigenvalue weighted by molar-refractivity contribution is 7.99. The van der Waals surface area contributed by atoms with E-state index in [1.165, 1.54) is 11.8 Å². The molecular weight excluding hydrogens is 586 g/mol. The molecule has 9 heteroatoms. The van der Waals surface area contributed by atoms with E-state index in [4.69, 9.17) is 9.47 Å². The van der Waals surface area contributed by atoms with Gasteiger partial charge in [-0.3, -0.25) is 14.4 Å². The highest BCUT2D eigenvalue weighted by Crippen LogP contribution is 2.27. The second kappa shape index (κ2) is 14.8.